The van der Waals surface area contributed by atoms with Crippen molar-refractivity contribution >= 4 is 5.97 Å². The zero-order chi connectivity index (χ0) is 24.6. The maximum atomic E-state index is 13.2. The summed E-state index contributed by atoms with van der Waals surface area (Å²) in [5.74, 6) is 2.75. The Balaban J connectivity index is 1.40. The summed E-state index contributed by atoms with van der Waals surface area (Å²) in [7, 11) is 3.28. The van der Waals surface area contributed by atoms with Crippen LogP contribution in [0.2, 0.25) is 0 Å². The van der Waals surface area contributed by atoms with Gasteiger partial charge in [-0.1, -0.05) is 38.0 Å². The summed E-state index contributed by atoms with van der Waals surface area (Å²) in [6.07, 6.45) is 8.74. The first-order chi connectivity index (χ1) is 16.9. The fourth-order valence-electron chi connectivity index (χ4n) is 6.58. The number of carbonyl (C=O) groups is 1. The lowest BCUT2D eigenvalue weighted by atomic mass is 9.59. The average Bonchev–Trinajstić information content (AvgIpc) is 3.45. The summed E-state index contributed by atoms with van der Waals surface area (Å²) < 4.78 is 22.6. The summed E-state index contributed by atoms with van der Waals surface area (Å²) in [6.45, 7) is 6.60. The van der Waals surface area contributed by atoms with E-state index in [-0.39, 0.29) is 29.3 Å². The van der Waals surface area contributed by atoms with Crippen molar-refractivity contribution in [1.82, 2.24) is 4.90 Å². The first-order valence-electron chi connectivity index (χ1n) is 12.8. The molecular formula is C29H37NO5. The normalized spacial score (nSPS) is 29.9. The van der Waals surface area contributed by atoms with Crippen LogP contribution in [0.15, 0.2) is 52.7 Å². The number of allylic oxidation sites excluding steroid dienone is 1. The van der Waals surface area contributed by atoms with Crippen molar-refractivity contribution in [3.05, 3.63) is 59.6 Å². The minimum absolute atomic E-state index is 0.0157. The molecule has 0 unspecified atom stereocenters. The fourth-order valence-corrected chi connectivity index (χ4v) is 6.58. The molecule has 1 aromatic carbocycles. The lowest BCUT2D eigenvalue weighted by Crippen LogP contribution is -2.40. The molecule has 188 valence electrons. The zero-order valence-electron chi connectivity index (χ0n) is 21.3. The van der Waals surface area contributed by atoms with Crippen LogP contribution in [0.5, 0.6) is 11.5 Å². The van der Waals surface area contributed by atoms with Gasteiger partial charge in [0.05, 0.1) is 32.9 Å². The second-order valence-corrected chi connectivity index (χ2v) is 10.8. The van der Waals surface area contributed by atoms with E-state index in [0.29, 0.717) is 37.1 Å². The third kappa shape index (κ3) is 4.73. The van der Waals surface area contributed by atoms with Gasteiger partial charge in [-0.3, -0.25) is 9.69 Å². The van der Waals surface area contributed by atoms with Crippen molar-refractivity contribution in [2.24, 2.45) is 23.2 Å². The Morgan fingerprint density at radius 1 is 1.14 bits per heavy atom. The SMILES string of the molecule is COc1ccc(CN(Cc2ccco2)C[C@H]2C(=O)O[C@@H]3C[C@]4(C)CCC[C@@H](C)C4=C[C@H]32)cc1OC. The number of hydrogen-bond donors (Lipinski definition) is 0. The van der Waals surface area contributed by atoms with Gasteiger partial charge in [0, 0.05) is 19.0 Å². The largest absolute Gasteiger partial charge is 0.493 e. The second kappa shape index (κ2) is 9.73. The van der Waals surface area contributed by atoms with E-state index in [1.165, 1.54) is 19.3 Å². The monoisotopic (exact) mass is 479 g/mol. The number of fused-ring (bicyclic) bond motifs is 2. The summed E-state index contributed by atoms with van der Waals surface area (Å²) in [6, 6.07) is 9.86. The molecule has 0 N–H and O–H groups in total. The van der Waals surface area contributed by atoms with Gasteiger partial charge in [0.2, 0.25) is 0 Å². The average molecular weight is 480 g/mol. The maximum absolute atomic E-state index is 13.2. The van der Waals surface area contributed by atoms with E-state index in [0.717, 1.165) is 17.7 Å². The molecule has 0 amide bonds. The molecule has 1 aromatic heterocycles. The van der Waals surface area contributed by atoms with E-state index in [4.69, 9.17) is 18.6 Å². The molecule has 0 spiro atoms. The van der Waals surface area contributed by atoms with E-state index in [2.05, 4.69) is 24.8 Å². The summed E-state index contributed by atoms with van der Waals surface area (Å²) >= 11 is 0. The molecule has 1 saturated heterocycles. The van der Waals surface area contributed by atoms with E-state index < -0.39 is 0 Å². The molecule has 1 aliphatic heterocycles. The second-order valence-electron chi connectivity index (χ2n) is 10.8. The van der Waals surface area contributed by atoms with Gasteiger partial charge < -0.3 is 18.6 Å². The third-order valence-electron chi connectivity index (χ3n) is 8.35. The van der Waals surface area contributed by atoms with Gasteiger partial charge in [-0.2, -0.15) is 0 Å². The molecule has 35 heavy (non-hydrogen) atoms. The van der Waals surface area contributed by atoms with Crippen LogP contribution in [0.4, 0.5) is 0 Å². The Hall–Kier alpha value is -2.73. The van der Waals surface area contributed by atoms with Crippen molar-refractivity contribution in [3.8, 4) is 11.5 Å². The van der Waals surface area contributed by atoms with Crippen molar-refractivity contribution < 1.29 is 23.4 Å². The highest BCUT2D eigenvalue weighted by Crippen LogP contribution is 2.54. The standard InChI is InChI=1S/C29H37NO5/c1-19-7-5-11-29(2)15-27-22(14-24(19)29)23(28(31)35-27)18-30(17-21-8-6-12-34-21)16-20-9-10-25(32-3)26(13-20)33-4/h6,8-10,12-14,19,22-23,27H,5,7,11,15-18H2,1-4H3/t19-,22+,23-,27-,29+/m1/s1. The van der Waals surface area contributed by atoms with Crippen molar-refractivity contribution in [1.29, 1.82) is 0 Å². The van der Waals surface area contributed by atoms with Gasteiger partial charge in [0.25, 0.3) is 0 Å². The number of esters is 1. The Kier molecular flexibility index (Phi) is 6.67. The Morgan fingerprint density at radius 3 is 2.71 bits per heavy atom. The van der Waals surface area contributed by atoms with E-state index in [1.54, 1.807) is 26.1 Å². The molecule has 2 aliphatic carbocycles. The smallest absolute Gasteiger partial charge is 0.311 e. The van der Waals surface area contributed by atoms with Crippen LogP contribution in [0.3, 0.4) is 0 Å². The quantitative estimate of drug-likeness (QED) is 0.362. The first-order valence-corrected chi connectivity index (χ1v) is 12.8. The maximum Gasteiger partial charge on any atom is 0.311 e. The van der Waals surface area contributed by atoms with Crippen LogP contribution in [-0.4, -0.2) is 37.7 Å². The lowest BCUT2D eigenvalue weighted by molar-refractivity contribution is -0.145. The number of hydrogen-bond acceptors (Lipinski definition) is 6. The number of benzene rings is 1. The molecule has 2 fully saturated rings. The summed E-state index contributed by atoms with van der Waals surface area (Å²) in [5, 5.41) is 0. The number of ether oxygens (including phenoxy) is 3. The molecule has 0 radical (unpaired) electrons. The van der Waals surface area contributed by atoms with Crippen LogP contribution < -0.4 is 9.47 Å². The van der Waals surface area contributed by atoms with Crippen LogP contribution in [0.25, 0.3) is 0 Å². The van der Waals surface area contributed by atoms with Crippen LogP contribution in [0, 0.1) is 23.2 Å². The van der Waals surface area contributed by atoms with Gasteiger partial charge in [-0.15, -0.1) is 0 Å². The van der Waals surface area contributed by atoms with Gasteiger partial charge in [-0.05, 0) is 60.4 Å². The van der Waals surface area contributed by atoms with Gasteiger partial charge >= 0.3 is 5.97 Å². The summed E-state index contributed by atoms with van der Waals surface area (Å²) in [4.78, 5) is 15.5. The molecule has 5 atom stereocenters. The molecule has 5 rings (SSSR count). The Labute approximate surface area is 208 Å². The molecule has 3 aliphatic rings. The molecule has 6 nitrogen and oxygen atoms in total. The number of furan rings is 1. The minimum Gasteiger partial charge on any atom is -0.493 e. The topological polar surface area (TPSA) is 61.1 Å². The zero-order valence-corrected chi connectivity index (χ0v) is 21.3. The van der Waals surface area contributed by atoms with Gasteiger partial charge in [0.1, 0.15) is 11.9 Å². The van der Waals surface area contributed by atoms with Crippen molar-refractivity contribution in [3.63, 3.8) is 0 Å². The third-order valence-corrected chi connectivity index (χ3v) is 8.35. The van der Waals surface area contributed by atoms with Gasteiger partial charge in [-0.25, -0.2) is 0 Å². The van der Waals surface area contributed by atoms with Crippen molar-refractivity contribution in [2.75, 3.05) is 20.8 Å². The van der Waals surface area contributed by atoms with Gasteiger partial charge in [0.15, 0.2) is 11.5 Å². The highest BCUT2D eigenvalue weighted by atomic mass is 16.6. The van der Waals surface area contributed by atoms with E-state index in [9.17, 15) is 4.79 Å². The first kappa shape index (κ1) is 24.0. The molecule has 2 aromatic rings. The molecular weight excluding hydrogens is 442 g/mol. The number of nitrogens with zero attached hydrogens (tertiary/aromatic N) is 1. The Bertz CT molecular complexity index is 1080. The molecule has 2 heterocycles. The minimum atomic E-state index is -0.179. The number of methoxy groups -OCH3 is 2. The van der Waals surface area contributed by atoms with E-state index >= 15 is 0 Å². The highest BCUT2D eigenvalue weighted by Gasteiger charge is 2.52. The van der Waals surface area contributed by atoms with Crippen LogP contribution >= 0.6 is 0 Å². The van der Waals surface area contributed by atoms with E-state index in [1.807, 2.05) is 30.3 Å². The Morgan fingerprint density at radius 2 is 1.97 bits per heavy atom. The molecule has 0 bridgehead atoms. The summed E-state index contributed by atoms with van der Waals surface area (Å²) in [5.41, 5.74) is 2.81. The molecule has 1 saturated carbocycles. The predicted octanol–water partition coefficient (Wildman–Crippen LogP) is 5.61. The lowest BCUT2D eigenvalue weighted by Gasteiger charge is -2.46. The van der Waals surface area contributed by atoms with Crippen LogP contribution in [-0.2, 0) is 22.6 Å². The molecule has 6 heteroatoms. The fraction of sp³-hybridized carbons (Fsp3) is 0.552. The number of carbonyl (C=O) groups excluding carboxylic acids is 1. The van der Waals surface area contributed by atoms with Crippen LogP contribution in [0.1, 0.15) is 50.9 Å². The van der Waals surface area contributed by atoms with Crippen molar-refractivity contribution in [2.45, 2.75) is 58.7 Å². The highest BCUT2D eigenvalue weighted by molar-refractivity contribution is 5.76. The predicted molar refractivity (Wildman–Crippen MR) is 133 cm³/mol. The number of rotatable bonds is 8.